The highest BCUT2D eigenvalue weighted by molar-refractivity contribution is 5.46. The fraction of sp³-hybridized carbons (Fsp3) is 0.567. The normalized spacial score (nSPS) is 26.3. The van der Waals surface area contributed by atoms with Gasteiger partial charge in [-0.15, -0.1) is 0 Å². The molecule has 0 unspecified atom stereocenters. The molecule has 0 amide bonds. The van der Waals surface area contributed by atoms with E-state index in [2.05, 4.69) is 31.5 Å². The molecule has 3 aliphatic rings. The summed E-state index contributed by atoms with van der Waals surface area (Å²) in [5.41, 5.74) is -0.161. The van der Waals surface area contributed by atoms with Gasteiger partial charge in [-0.25, -0.2) is 8.78 Å². The van der Waals surface area contributed by atoms with Gasteiger partial charge in [-0.05, 0) is 52.3 Å². The molecule has 3 aromatic rings. The number of benzene rings is 1. The summed E-state index contributed by atoms with van der Waals surface area (Å²) >= 11 is 0. The fourth-order valence-electron chi connectivity index (χ4n) is 6.41. The summed E-state index contributed by atoms with van der Waals surface area (Å²) in [5.74, 6) is 0.839. The molecule has 2 aliphatic heterocycles. The van der Waals surface area contributed by atoms with E-state index in [0.29, 0.717) is 50.1 Å². The molecule has 2 aromatic heterocycles. The van der Waals surface area contributed by atoms with Gasteiger partial charge in [0.1, 0.15) is 24.2 Å². The Morgan fingerprint density at radius 3 is 2.71 bits per heavy atom. The number of rotatable bonds is 9. The first kappa shape index (κ1) is 28.4. The van der Waals surface area contributed by atoms with E-state index in [-0.39, 0.29) is 53.5 Å². The predicted octanol–water partition coefficient (Wildman–Crippen LogP) is 4.36. The minimum atomic E-state index is -0.904. The van der Waals surface area contributed by atoms with Gasteiger partial charge in [-0.1, -0.05) is 29.8 Å². The molecule has 6 rings (SSSR count). The van der Waals surface area contributed by atoms with E-state index in [4.69, 9.17) is 19.3 Å². The molecule has 0 radical (unpaired) electrons. The lowest BCUT2D eigenvalue weighted by Crippen LogP contribution is -2.42. The highest BCUT2D eigenvalue weighted by Crippen LogP contribution is 2.49. The summed E-state index contributed by atoms with van der Waals surface area (Å²) in [6.45, 7) is 2.97. The number of alkyl halides is 1. The number of nitriles is 1. The number of likely N-dealkylation sites (tertiary alicyclic amines) is 1. The van der Waals surface area contributed by atoms with Gasteiger partial charge < -0.3 is 19.3 Å². The van der Waals surface area contributed by atoms with E-state index in [1.54, 1.807) is 24.3 Å². The lowest BCUT2D eigenvalue weighted by molar-refractivity contribution is 0.113. The molecule has 1 aromatic carbocycles. The van der Waals surface area contributed by atoms with Crippen LogP contribution in [0.3, 0.4) is 0 Å². The number of nitrogens with zero attached hydrogens (tertiary/aromatic N) is 6. The summed E-state index contributed by atoms with van der Waals surface area (Å²) in [6.07, 6.45) is 3.04. The Labute approximate surface area is 243 Å². The zero-order valence-corrected chi connectivity index (χ0v) is 23.8. The quantitative estimate of drug-likeness (QED) is 0.391. The van der Waals surface area contributed by atoms with Crippen molar-refractivity contribution in [1.82, 2.24) is 30.3 Å². The summed E-state index contributed by atoms with van der Waals surface area (Å²) in [5, 5.41) is 16.7. The highest BCUT2D eigenvalue weighted by atomic mass is 19.1. The zero-order chi connectivity index (χ0) is 29.3. The van der Waals surface area contributed by atoms with Crippen LogP contribution in [0.15, 0.2) is 34.9 Å². The Morgan fingerprint density at radius 1 is 1.19 bits per heavy atom. The Hall–Kier alpha value is -3.69. The summed E-state index contributed by atoms with van der Waals surface area (Å²) in [6, 6.07) is 10.4. The highest BCUT2D eigenvalue weighted by Gasteiger charge is 2.47. The third kappa shape index (κ3) is 5.68. The van der Waals surface area contributed by atoms with Crippen molar-refractivity contribution in [3.63, 3.8) is 0 Å². The van der Waals surface area contributed by atoms with Crippen molar-refractivity contribution in [1.29, 1.82) is 5.26 Å². The van der Waals surface area contributed by atoms with Crippen molar-refractivity contribution in [2.75, 3.05) is 20.1 Å². The van der Waals surface area contributed by atoms with Gasteiger partial charge in [0.05, 0.1) is 24.0 Å². The molecule has 5 atom stereocenters. The number of halogens is 2. The van der Waals surface area contributed by atoms with Crippen LogP contribution < -0.4 is 14.8 Å². The lowest BCUT2D eigenvalue weighted by Gasteiger charge is -2.38. The Kier molecular flexibility index (Phi) is 8.05. The van der Waals surface area contributed by atoms with Crippen LogP contribution in [-0.2, 0) is 5.41 Å². The number of piperidine rings is 1. The molecule has 3 fully saturated rings. The van der Waals surface area contributed by atoms with Crippen LogP contribution in [-0.4, -0.2) is 75.6 Å². The number of hydrogen-bond acceptors (Lipinski definition) is 10. The van der Waals surface area contributed by atoms with Crippen molar-refractivity contribution in [3.8, 4) is 29.5 Å². The number of hydrogen-bond donors (Lipinski definition) is 1. The first-order valence-corrected chi connectivity index (χ1v) is 14.6. The second-order valence-electron chi connectivity index (χ2n) is 11.6. The third-order valence-corrected chi connectivity index (χ3v) is 8.78. The van der Waals surface area contributed by atoms with Crippen molar-refractivity contribution in [2.45, 2.75) is 87.7 Å². The summed E-state index contributed by atoms with van der Waals surface area (Å²) in [7, 11) is 1.88. The molecule has 2 saturated heterocycles. The minimum Gasteiger partial charge on any atom is -0.474 e. The number of ether oxygens (including phenoxy) is 2. The second kappa shape index (κ2) is 11.9. The average Bonchev–Trinajstić information content (AvgIpc) is 3.56. The lowest BCUT2D eigenvalue weighted by atomic mass is 9.64. The molecule has 1 N–H and O–H groups in total. The van der Waals surface area contributed by atoms with Crippen LogP contribution in [0.2, 0.25) is 0 Å². The SMILES string of the molecule is C[C@H](Oc1cc(O[C@H]2CCN[C@H](CC#N)C2)nc(-c2noc(C3(c4ccccc4F)CCC3)n2)n1)[C@@H]1C[C@@H](F)CN1C. The smallest absolute Gasteiger partial charge is 0.240 e. The topological polar surface area (TPSA) is 122 Å². The van der Waals surface area contributed by atoms with E-state index in [1.165, 1.54) is 6.07 Å². The van der Waals surface area contributed by atoms with E-state index < -0.39 is 11.6 Å². The molecule has 42 heavy (non-hydrogen) atoms. The van der Waals surface area contributed by atoms with Crippen molar-refractivity contribution >= 4 is 0 Å². The van der Waals surface area contributed by atoms with E-state index in [9.17, 15) is 8.78 Å². The summed E-state index contributed by atoms with van der Waals surface area (Å²) < 4.78 is 47.1. The van der Waals surface area contributed by atoms with Gasteiger partial charge in [0.25, 0.3) is 0 Å². The molecule has 222 valence electrons. The standard InChI is InChI=1S/C30H35F2N7O3/c1-18(24-14-19(31)17-39(24)2)40-25-16-26(41-21-9-13-34-20(15-21)8-12-33)36-27(35-25)28-37-29(42-38-28)30(10-5-11-30)22-6-3-4-7-23(22)32/h3-4,6-7,16,18-21,24,34H,5,8-11,13-15,17H2,1-2H3/t18-,19+,20+,21-,24-/m0/s1. The van der Waals surface area contributed by atoms with Crippen LogP contribution >= 0.6 is 0 Å². The molecule has 0 bridgehead atoms. The van der Waals surface area contributed by atoms with E-state index in [1.807, 2.05) is 18.9 Å². The molecule has 0 spiro atoms. The first-order chi connectivity index (χ1) is 20.3. The molecular weight excluding hydrogens is 544 g/mol. The Bertz CT molecular complexity index is 1440. The van der Waals surface area contributed by atoms with Crippen LogP contribution in [0, 0.1) is 17.1 Å². The van der Waals surface area contributed by atoms with Crippen LogP contribution in [0.25, 0.3) is 11.6 Å². The van der Waals surface area contributed by atoms with Crippen LogP contribution in [0.5, 0.6) is 11.8 Å². The summed E-state index contributed by atoms with van der Waals surface area (Å²) in [4.78, 5) is 15.8. The van der Waals surface area contributed by atoms with Crippen LogP contribution in [0.4, 0.5) is 8.78 Å². The van der Waals surface area contributed by atoms with Crippen LogP contribution in [0.1, 0.15) is 63.3 Å². The number of aromatic nitrogens is 4. The molecule has 10 nitrogen and oxygen atoms in total. The monoisotopic (exact) mass is 579 g/mol. The number of likely N-dealkylation sites (N-methyl/N-ethyl adjacent to an activating group) is 1. The predicted molar refractivity (Wildman–Crippen MR) is 148 cm³/mol. The zero-order valence-electron chi connectivity index (χ0n) is 23.8. The largest absolute Gasteiger partial charge is 0.474 e. The molecule has 1 saturated carbocycles. The molecule has 4 heterocycles. The second-order valence-corrected chi connectivity index (χ2v) is 11.6. The van der Waals surface area contributed by atoms with Crippen molar-refractivity contribution in [2.24, 2.45) is 0 Å². The van der Waals surface area contributed by atoms with Gasteiger partial charge in [-0.3, -0.25) is 4.90 Å². The van der Waals surface area contributed by atoms with E-state index in [0.717, 1.165) is 19.4 Å². The minimum absolute atomic E-state index is 0.0363. The Morgan fingerprint density at radius 2 is 2.00 bits per heavy atom. The maximum absolute atomic E-state index is 14.8. The van der Waals surface area contributed by atoms with Gasteiger partial charge >= 0.3 is 0 Å². The van der Waals surface area contributed by atoms with Gasteiger partial charge in [0.2, 0.25) is 29.3 Å². The van der Waals surface area contributed by atoms with Gasteiger partial charge in [-0.2, -0.15) is 20.2 Å². The first-order valence-electron chi connectivity index (χ1n) is 14.6. The van der Waals surface area contributed by atoms with E-state index >= 15 is 0 Å². The maximum atomic E-state index is 14.8. The van der Waals surface area contributed by atoms with Crippen molar-refractivity contribution < 1.29 is 22.8 Å². The molecule has 1 aliphatic carbocycles. The Balaban J connectivity index is 1.30. The fourth-order valence-corrected chi connectivity index (χ4v) is 6.41. The molecule has 12 heteroatoms. The number of nitrogens with one attached hydrogen (secondary N) is 1. The third-order valence-electron chi connectivity index (χ3n) is 8.78. The average molecular weight is 580 g/mol. The van der Waals surface area contributed by atoms with Crippen molar-refractivity contribution in [3.05, 3.63) is 47.6 Å². The van der Waals surface area contributed by atoms with Gasteiger partial charge in [0.15, 0.2) is 0 Å². The molecular formula is C30H35F2N7O3. The van der Waals surface area contributed by atoms with Gasteiger partial charge in [0, 0.05) is 30.6 Å². The maximum Gasteiger partial charge on any atom is 0.240 e.